The fraction of sp³-hybridized carbons (Fsp3) is 0.600. The van der Waals surface area contributed by atoms with Gasteiger partial charge < -0.3 is 10.4 Å². The van der Waals surface area contributed by atoms with Gasteiger partial charge in [-0.05, 0) is 35.8 Å². The maximum Gasteiger partial charge on any atom is 0.244 e. The number of rotatable bonds is 3. The topological polar surface area (TPSA) is 106 Å². The van der Waals surface area contributed by atoms with Crippen LogP contribution in [0.3, 0.4) is 0 Å². The van der Waals surface area contributed by atoms with E-state index in [2.05, 4.69) is 34.3 Å². The molecule has 0 saturated carbocycles. The molecule has 156 valence electrons. The van der Waals surface area contributed by atoms with Gasteiger partial charge in [0.2, 0.25) is 11.8 Å². The number of carbonyl (C=O) groups is 2. The molecule has 2 amide bonds. The molecule has 4 aliphatic heterocycles. The van der Waals surface area contributed by atoms with E-state index in [9.17, 15) is 14.7 Å². The maximum atomic E-state index is 12.2. The summed E-state index contributed by atoms with van der Waals surface area (Å²) < 4.78 is 0. The van der Waals surface area contributed by atoms with E-state index in [1.807, 2.05) is 23.9 Å². The molecule has 3 fully saturated rings. The SMILES string of the molecule is CC1CSC2NCNC(Nc3ccc4c(c3)CN(C3CCC(=O)NC3=O)C4O)C12. The fourth-order valence-electron chi connectivity index (χ4n) is 5.03. The zero-order valence-corrected chi connectivity index (χ0v) is 17.2. The molecule has 0 bridgehead atoms. The molecule has 1 aromatic carbocycles. The van der Waals surface area contributed by atoms with Crippen LogP contribution in [0.5, 0.6) is 0 Å². The Morgan fingerprint density at radius 1 is 1.28 bits per heavy atom. The van der Waals surface area contributed by atoms with E-state index >= 15 is 0 Å². The van der Waals surface area contributed by atoms with Gasteiger partial charge in [0.1, 0.15) is 6.23 Å². The van der Waals surface area contributed by atoms with Gasteiger partial charge in [-0.2, -0.15) is 0 Å². The molecule has 5 N–H and O–H groups in total. The first kappa shape index (κ1) is 19.3. The number of aliphatic hydroxyl groups is 1. The van der Waals surface area contributed by atoms with Crippen LogP contribution in [0.4, 0.5) is 5.69 Å². The van der Waals surface area contributed by atoms with Crippen LogP contribution in [-0.2, 0) is 16.1 Å². The lowest BCUT2D eigenvalue weighted by Gasteiger charge is -2.38. The van der Waals surface area contributed by atoms with Crippen LogP contribution in [0.15, 0.2) is 18.2 Å². The Morgan fingerprint density at radius 2 is 2.14 bits per heavy atom. The summed E-state index contributed by atoms with van der Waals surface area (Å²) in [4.78, 5) is 25.5. The third-order valence-electron chi connectivity index (χ3n) is 6.58. The molecule has 4 heterocycles. The predicted octanol–water partition coefficient (Wildman–Crippen LogP) is 0.512. The van der Waals surface area contributed by atoms with E-state index in [4.69, 9.17) is 0 Å². The van der Waals surface area contributed by atoms with Crippen molar-refractivity contribution in [1.29, 1.82) is 0 Å². The average molecular weight is 418 g/mol. The zero-order valence-electron chi connectivity index (χ0n) is 16.4. The van der Waals surface area contributed by atoms with E-state index in [1.165, 1.54) is 5.75 Å². The van der Waals surface area contributed by atoms with Crippen LogP contribution in [0.25, 0.3) is 0 Å². The Hall–Kier alpha value is -1.65. The first-order chi connectivity index (χ1) is 14.0. The minimum absolute atomic E-state index is 0.196. The van der Waals surface area contributed by atoms with Crippen molar-refractivity contribution in [3.05, 3.63) is 29.3 Å². The molecule has 0 spiro atoms. The number of fused-ring (bicyclic) bond motifs is 2. The highest BCUT2D eigenvalue weighted by molar-refractivity contribution is 8.00. The van der Waals surface area contributed by atoms with Crippen molar-refractivity contribution < 1.29 is 14.7 Å². The number of carbonyl (C=O) groups excluding carboxylic acids is 2. The summed E-state index contributed by atoms with van der Waals surface area (Å²) in [6.45, 7) is 3.58. The number of aliphatic hydroxyl groups excluding tert-OH is 1. The first-order valence-electron chi connectivity index (χ1n) is 10.3. The van der Waals surface area contributed by atoms with Gasteiger partial charge in [0.05, 0.1) is 17.6 Å². The summed E-state index contributed by atoms with van der Waals surface area (Å²) in [5, 5.41) is 24.3. The molecule has 8 nitrogen and oxygen atoms in total. The lowest BCUT2D eigenvalue weighted by Crippen LogP contribution is -2.58. The Balaban J connectivity index is 1.32. The molecule has 1 aromatic rings. The van der Waals surface area contributed by atoms with Gasteiger partial charge >= 0.3 is 0 Å². The summed E-state index contributed by atoms with van der Waals surface area (Å²) in [5.74, 6) is 1.74. The molecule has 9 heteroatoms. The first-order valence-corrected chi connectivity index (χ1v) is 11.3. The summed E-state index contributed by atoms with van der Waals surface area (Å²) in [5.41, 5.74) is 2.87. The number of piperidine rings is 1. The second-order valence-electron chi connectivity index (χ2n) is 8.44. The number of amides is 2. The molecular formula is C20H27N5O3S. The van der Waals surface area contributed by atoms with Crippen molar-refractivity contribution in [3.8, 4) is 0 Å². The number of thioether (sulfide) groups is 1. The quantitative estimate of drug-likeness (QED) is 0.453. The summed E-state index contributed by atoms with van der Waals surface area (Å²) >= 11 is 1.99. The van der Waals surface area contributed by atoms with Crippen molar-refractivity contribution in [2.24, 2.45) is 11.8 Å². The fourth-order valence-corrected chi connectivity index (χ4v) is 6.61. The smallest absolute Gasteiger partial charge is 0.244 e. The van der Waals surface area contributed by atoms with Gasteiger partial charge in [-0.25, -0.2) is 0 Å². The molecule has 3 saturated heterocycles. The van der Waals surface area contributed by atoms with E-state index in [0.29, 0.717) is 36.6 Å². The second-order valence-corrected chi connectivity index (χ2v) is 9.62. The number of benzene rings is 1. The van der Waals surface area contributed by atoms with Gasteiger partial charge in [-0.3, -0.25) is 30.4 Å². The molecule has 0 radical (unpaired) electrons. The predicted molar refractivity (Wildman–Crippen MR) is 111 cm³/mol. The number of anilines is 1. The second kappa shape index (κ2) is 7.55. The maximum absolute atomic E-state index is 12.2. The minimum Gasteiger partial charge on any atom is -0.374 e. The van der Waals surface area contributed by atoms with E-state index in [0.717, 1.165) is 23.5 Å². The summed E-state index contributed by atoms with van der Waals surface area (Å²) in [6.07, 6.45) is 0.124. The molecule has 5 rings (SSSR count). The average Bonchev–Trinajstić information content (AvgIpc) is 3.23. The largest absolute Gasteiger partial charge is 0.374 e. The highest BCUT2D eigenvalue weighted by Crippen LogP contribution is 2.40. The van der Waals surface area contributed by atoms with Crippen molar-refractivity contribution in [1.82, 2.24) is 20.9 Å². The van der Waals surface area contributed by atoms with Crippen molar-refractivity contribution >= 4 is 29.3 Å². The highest BCUT2D eigenvalue weighted by atomic mass is 32.2. The molecule has 0 aromatic heterocycles. The third-order valence-corrected chi connectivity index (χ3v) is 8.13. The zero-order chi connectivity index (χ0) is 20.1. The van der Waals surface area contributed by atoms with E-state index in [1.54, 1.807) is 4.90 Å². The minimum atomic E-state index is -0.823. The number of nitrogens with one attached hydrogen (secondary N) is 4. The van der Waals surface area contributed by atoms with Crippen LogP contribution < -0.4 is 21.3 Å². The van der Waals surface area contributed by atoms with Crippen LogP contribution >= 0.6 is 11.8 Å². The normalized spacial score (nSPS) is 37.2. The third kappa shape index (κ3) is 3.44. The number of imide groups is 1. The van der Waals surface area contributed by atoms with Crippen LogP contribution in [-0.4, -0.2) is 51.8 Å². The van der Waals surface area contributed by atoms with E-state index in [-0.39, 0.29) is 18.0 Å². The lowest BCUT2D eigenvalue weighted by atomic mass is 9.91. The van der Waals surface area contributed by atoms with Crippen LogP contribution in [0.2, 0.25) is 0 Å². The van der Waals surface area contributed by atoms with Crippen molar-refractivity contribution in [2.75, 3.05) is 17.7 Å². The Kier molecular flexibility index (Phi) is 5.03. The van der Waals surface area contributed by atoms with Crippen LogP contribution in [0.1, 0.15) is 37.1 Å². The molecule has 4 aliphatic rings. The summed E-state index contributed by atoms with van der Waals surface area (Å²) in [7, 11) is 0. The molecule has 29 heavy (non-hydrogen) atoms. The monoisotopic (exact) mass is 417 g/mol. The highest BCUT2D eigenvalue weighted by Gasteiger charge is 2.42. The standard InChI is InChI=1S/C20H27N5O3S/c1-10-8-29-19-16(10)17(21-9-22-19)23-12-2-3-13-11(6-12)7-25(20(13)28)14-4-5-15(26)24-18(14)27/h2-3,6,10,14,16-17,19-23,28H,4-5,7-9H2,1H3,(H,24,26,27). The Labute approximate surface area is 174 Å². The van der Waals surface area contributed by atoms with Gasteiger partial charge in [0, 0.05) is 36.8 Å². The van der Waals surface area contributed by atoms with Crippen molar-refractivity contribution in [3.63, 3.8) is 0 Å². The van der Waals surface area contributed by atoms with Gasteiger partial charge in [-0.1, -0.05) is 13.0 Å². The van der Waals surface area contributed by atoms with E-state index < -0.39 is 12.3 Å². The van der Waals surface area contributed by atoms with Gasteiger partial charge in [0.25, 0.3) is 0 Å². The Morgan fingerprint density at radius 3 is 2.97 bits per heavy atom. The molecule has 6 unspecified atom stereocenters. The summed E-state index contributed by atoms with van der Waals surface area (Å²) in [6, 6.07) is 5.55. The number of hydrogen-bond acceptors (Lipinski definition) is 8. The number of nitrogens with zero attached hydrogens (tertiary/aromatic N) is 1. The Bertz CT molecular complexity index is 834. The molecule has 6 atom stereocenters. The number of hydrogen-bond donors (Lipinski definition) is 5. The van der Waals surface area contributed by atoms with Gasteiger partial charge in [0.15, 0.2) is 0 Å². The van der Waals surface area contributed by atoms with Crippen LogP contribution in [0, 0.1) is 11.8 Å². The molecular weight excluding hydrogens is 390 g/mol. The lowest BCUT2D eigenvalue weighted by molar-refractivity contribution is -0.141. The molecule has 0 aliphatic carbocycles. The van der Waals surface area contributed by atoms with Gasteiger partial charge in [-0.15, -0.1) is 11.8 Å². The van der Waals surface area contributed by atoms with Crippen molar-refractivity contribution in [2.45, 2.75) is 50.1 Å².